The summed E-state index contributed by atoms with van der Waals surface area (Å²) < 4.78 is 23.0. The minimum Gasteiger partial charge on any atom is -0.338 e. The van der Waals surface area contributed by atoms with E-state index in [0.29, 0.717) is 6.54 Å². The van der Waals surface area contributed by atoms with Crippen molar-refractivity contribution in [2.45, 2.75) is 24.3 Å². The molecule has 0 saturated carbocycles. The van der Waals surface area contributed by atoms with Gasteiger partial charge in [-0.15, -0.1) is 11.3 Å². The Labute approximate surface area is 147 Å². The van der Waals surface area contributed by atoms with Crippen molar-refractivity contribution in [3.8, 4) is 0 Å². The van der Waals surface area contributed by atoms with Gasteiger partial charge in [-0.05, 0) is 42.5 Å². The predicted octanol–water partition coefficient (Wildman–Crippen LogP) is 3.10. The van der Waals surface area contributed by atoms with Crippen LogP contribution in [0.5, 0.6) is 0 Å². The van der Waals surface area contributed by atoms with Crippen LogP contribution in [0.15, 0.2) is 46.7 Å². The number of carbonyl (C=O) groups is 1. The molecule has 2 amide bonds. The van der Waals surface area contributed by atoms with Gasteiger partial charge in [0.05, 0.1) is 10.9 Å². The number of nitrogens with one attached hydrogen (secondary N) is 1. The van der Waals surface area contributed by atoms with Gasteiger partial charge in [0.25, 0.3) is 0 Å². The van der Waals surface area contributed by atoms with Crippen LogP contribution in [-0.2, 0) is 16.3 Å². The highest BCUT2D eigenvalue weighted by Gasteiger charge is 2.17. The van der Waals surface area contributed by atoms with Crippen LogP contribution in [0.3, 0.4) is 0 Å². The second kappa shape index (κ2) is 7.81. The summed E-state index contributed by atoms with van der Waals surface area (Å²) in [4.78, 5) is 15.4. The molecule has 0 saturated heterocycles. The standard InChI is InChI=1S/C17H22N2O3S2/c1-13(14-6-8-16(9-7-14)24(3,21)22)19(2)17(20)18-11-10-15-5-4-12-23-15/h4-9,12-13H,10-11H2,1-3H3,(H,18,20). The predicted molar refractivity (Wildman–Crippen MR) is 97.2 cm³/mol. The minimum atomic E-state index is -3.21. The number of amides is 2. The van der Waals surface area contributed by atoms with Gasteiger partial charge < -0.3 is 10.2 Å². The first-order valence-corrected chi connectivity index (χ1v) is 10.4. The highest BCUT2D eigenvalue weighted by molar-refractivity contribution is 7.90. The number of thiophene rings is 1. The molecule has 0 aliphatic rings. The van der Waals surface area contributed by atoms with Crippen molar-refractivity contribution in [1.29, 1.82) is 0 Å². The van der Waals surface area contributed by atoms with Crippen molar-refractivity contribution in [1.82, 2.24) is 10.2 Å². The van der Waals surface area contributed by atoms with Crippen molar-refractivity contribution < 1.29 is 13.2 Å². The number of hydrogen-bond donors (Lipinski definition) is 1. The SMILES string of the molecule is CC(c1ccc(S(C)(=O)=O)cc1)N(C)C(=O)NCCc1cccs1. The molecule has 0 bridgehead atoms. The Morgan fingerprint density at radius 1 is 1.25 bits per heavy atom. The lowest BCUT2D eigenvalue weighted by molar-refractivity contribution is 0.194. The van der Waals surface area contributed by atoms with E-state index in [9.17, 15) is 13.2 Å². The molecule has 1 heterocycles. The Morgan fingerprint density at radius 2 is 1.92 bits per heavy atom. The Hall–Kier alpha value is -1.86. The van der Waals surface area contributed by atoms with Crippen molar-refractivity contribution in [2.75, 3.05) is 19.8 Å². The summed E-state index contributed by atoms with van der Waals surface area (Å²) in [7, 11) is -1.48. The number of rotatable bonds is 6. The van der Waals surface area contributed by atoms with Crippen LogP contribution in [-0.4, -0.2) is 39.2 Å². The van der Waals surface area contributed by atoms with E-state index in [1.807, 2.05) is 24.4 Å². The van der Waals surface area contributed by atoms with Crippen molar-refractivity contribution in [3.63, 3.8) is 0 Å². The molecular weight excluding hydrogens is 344 g/mol. The van der Waals surface area contributed by atoms with Crippen LogP contribution in [0.25, 0.3) is 0 Å². The summed E-state index contributed by atoms with van der Waals surface area (Å²) in [5.41, 5.74) is 0.887. The van der Waals surface area contributed by atoms with Crippen molar-refractivity contribution >= 4 is 27.2 Å². The number of urea groups is 1. The van der Waals surface area contributed by atoms with E-state index in [1.165, 1.54) is 11.1 Å². The highest BCUT2D eigenvalue weighted by atomic mass is 32.2. The largest absolute Gasteiger partial charge is 0.338 e. The molecule has 1 aromatic heterocycles. The molecule has 0 aliphatic carbocycles. The van der Waals surface area contributed by atoms with E-state index in [1.54, 1.807) is 47.5 Å². The van der Waals surface area contributed by atoms with Crippen LogP contribution in [0, 0.1) is 0 Å². The molecule has 1 atom stereocenters. The van der Waals surface area contributed by atoms with Gasteiger partial charge in [0, 0.05) is 24.7 Å². The third-order valence-corrected chi connectivity index (χ3v) is 5.98. The first-order valence-electron chi connectivity index (χ1n) is 7.62. The van der Waals surface area contributed by atoms with Crippen LogP contribution in [0.1, 0.15) is 23.4 Å². The fourth-order valence-corrected chi connectivity index (χ4v) is 3.60. The molecule has 1 unspecified atom stereocenters. The molecule has 130 valence electrons. The zero-order valence-electron chi connectivity index (χ0n) is 14.0. The molecule has 7 heteroatoms. The topological polar surface area (TPSA) is 66.5 Å². The van der Waals surface area contributed by atoms with Gasteiger partial charge in [0.1, 0.15) is 0 Å². The summed E-state index contributed by atoms with van der Waals surface area (Å²) in [5, 5.41) is 4.92. The zero-order valence-corrected chi connectivity index (χ0v) is 15.7. The average Bonchev–Trinajstić information content (AvgIpc) is 3.06. The van der Waals surface area contributed by atoms with Crippen LogP contribution < -0.4 is 5.32 Å². The van der Waals surface area contributed by atoms with Gasteiger partial charge in [0.2, 0.25) is 0 Å². The van der Waals surface area contributed by atoms with Gasteiger partial charge in [-0.25, -0.2) is 13.2 Å². The van der Waals surface area contributed by atoms with Gasteiger partial charge >= 0.3 is 6.03 Å². The minimum absolute atomic E-state index is 0.147. The summed E-state index contributed by atoms with van der Waals surface area (Å²) >= 11 is 1.68. The van der Waals surface area contributed by atoms with Gasteiger partial charge in [-0.1, -0.05) is 18.2 Å². The summed E-state index contributed by atoms with van der Waals surface area (Å²) in [5.74, 6) is 0. The van der Waals surface area contributed by atoms with Crippen LogP contribution in [0.4, 0.5) is 4.79 Å². The first kappa shape index (κ1) is 18.5. The third kappa shape index (κ3) is 4.82. The molecule has 2 aromatic rings. The Kier molecular flexibility index (Phi) is 6.01. The summed E-state index contributed by atoms with van der Waals surface area (Å²) in [6.07, 6.45) is 1.99. The van der Waals surface area contributed by atoms with E-state index in [0.717, 1.165) is 12.0 Å². The van der Waals surface area contributed by atoms with Gasteiger partial charge in [0.15, 0.2) is 9.84 Å². The lowest BCUT2D eigenvalue weighted by Crippen LogP contribution is -2.39. The van der Waals surface area contributed by atoms with E-state index >= 15 is 0 Å². The molecule has 1 N–H and O–H groups in total. The number of nitrogens with zero attached hydrogens (tertiary/aromatic N) is 1. The molecule has 0 spiro atoms. The molecule has 5 nitrogen and oxygen atoms in total. The highest BCUT2D eigenvalue weighted by Crippen LogP contribution is 2.20. The van der Waals surface area contributed by atoms with Crippen molar-refractivity contribution in [2.24, 2.45) is 0 Å². The average molecular weight is 367 g/mol. The number of hydrogen-bond acceptors (Lipinski definition) is 4. The van der Waals surface area contributed by atoms with E-state index in [4.69, 9.17) is 0 Å². The Bertz CT molecular complexity index is 769. The number of sulfone groups is 1. The van der Waals surface area contributed by atoms with Crippen molar-refractivity contribution in [3.05, 3.63) is 52.2 Å². The van der Waals surface area contributed by atoms with E-state index in [-0.39, 0.29) is 17.0 Å². The maximum Gasteiger partial charge on any atom is 0.317 e. The Morgan fingerprint density at radius 3 is 2.46 bits per heavy atom. The second-order valence-corrected chi connectivity index (χ2v) is 8.74. The van der Waals surface area contributed by atoms with Gasteiger partial charge in [-0.2, -0.15) is 0 Å². The zero-order chi connectivity index (χ0) is 17.7. The van der Waals surface area contributed by atoms with Crippen LogP contribution >= 0.6 is 11.3 Å². The smallest absolute Gasteiger partial charge is 0.317 e. The Balaban J connectivity index is 1.92. The second-order valence-electron chi connectivity index (χ2n) is 5.69. The molecule has 0 fully saturated rings. The maximum absolute atomic E-state index is 12.2. The van der Waals surface area contributed by atoms with E-state index < -0.39 is 9.84 Å². The summed E-state index contributed by atoms with van der Waals surface area (Å²) in [6, 6.07) is 10.4. The molecule has 2 rings (SSSR count). The number of carbonyl (C=O) groups excluding carboxylic acids is 1. The number of benzene rings is 1. The van der Waals surface area contributed by atoms with Gasteiger partial charge in [-0.3, -0.25) is 0 Å². The van der Waals surface area contributed by atoms with E-state index in [2.05, 4.69) is 5.32 Å². The molecule has 24 heavy (non-hydrogen) atoms. The monoisotopic (exact) mass is 366 g/mol. The molecule has 0 radical (unpaired) electrons. The normalized spacial score (nSPS) is 12.6. The lowest BCUT2D eigenvalue weighted by Gasteiger charge is -2.25. The maximum atomic E-state index is 12.2. The fourth-order valence-electron chi connectivity index (χ4n) is 2.27. The van der Waals surface area contributed by atoms with Crippen LogP contribution in [0.2, 0.25) is 0 Å². The quantitative estimate of drug-likeness (QED) is 0.854. The lowest BCUT2D eigenvalue weighted by atomic mass is 10.1. The molecular formula is C17H22N2O3S2. The molecule has 1 aromatic carbocycles. The fraction of sp³-hybridized carbons (Fsp3) is 0.353. The molecule has 0 aliphatic heterocycles. The summed E-state index contributed by atoms with van der Waals surface area (Å²) in [6.45, 7) is 2.50. The first-order chi connectivity index (χ1) is 11.3. The third-order valence-electron chi connectivity index (χ3n) is 3.92.